The van der Waals surface area contributed by atoms with E-state index < -0.39 is 0 Å². The zero-order valence-electron chi connectivity index (χ0n) is 13.7. The second-order valence-electron chi connectivity index (χ2n) is 5.83. The number of aryl methyl sites for hydroxylation is 2. The first-order chi connectivity index (χ1) is 11.1. The number of anilines is 1. The van der Waals surface area contributed by atoms with E-state index in [1.165, 1.54) is 0 Å². The highest BCUT2D eigenvalue weighted by atomic mass is 32.1. The maximum absolute atomic E-state index is 12.6. The molecule has 124 valence electrons. The molecule has 0 aromatic carbocycles. The predicted octanol–water partition coefficient (Wildman–Crippen LogP) is 3.04. The third-order valence-electron chi connectivity index (χ3n) is 3.99. The molecule has 0 bridgehead atoms. The number of morpholine rings is 1. The van der Waals surface area contributed by atoms with Crippen LogP contribution in [0.1, 0.15) is 31.2 Å². The molecule has 1 aliphatic rings. The number of ether oxygens (including phenoxy) is 1. The first-order valence-electron chi connectivity index (χ1n) is 7.83. The van der Waals surface area contributed by atoms with Crippen molar-refractivity contribution in [1.82, 2.24) is 14.7 Å². The molecule has 0 spiro atoms. The molecule has 0 radical (unpaired) electrons. The number of aromatic nitrogens is 2. The van der Waals surface area contributed by atoms with Crippen LogP contribution < -0.4 is 5.32 Å². The molecule has 1 fully saturated rings. The lowest BCUT2D eigenvalue weighted by Gasteiger charge is -2.36. The second-order valence-corrected chi connectivity index (χ2v) is 6.61. The standard InChI is InChI=1S/C16H22N4O2S/c1-4-13-7-15(19(3)18-13)17-16(21)20-8-11(2)22-14(9-20)12-5-6-23-10-12/h5-7,10-11,14H,4,8-9H2,1-3H3,(H,17,21)/t11-,14+/m1/s1. The van der Waals surface area contributed by atoms with Gasteiger partial charge in [0.25, 0.3) is 0 Å². The first-order valence-corrected chi connectivity index (χ1v) is 8.77. The zero-order chi connectivity index (χ0) is 16.4. The smallest absolute Gasteiger partial charge is 0.323 e. The quantitative estimate of drug-likeness (QED) is 0.938. The molecule has 1 aliphatic heterocycles. The Morgan fingerprint density at radius 1 is 1.52 bits per heavy atom. The van der Waals surface area contributed by atoms with Crippen LogP contribution in [0.15, 0.2) is 22.9 Å². The molecule has 0 saturated carbocycles. The van der Waals surface area contributed by atoms with Crippen LogP contribution in [0.4, 0.5) is 10.6 Å². The molecular weight excluding hydrogens is 312 g/mol. The lowest BCUT2D eigenvalue weighted by atomic mass is 10.1. The summed E-state index contributed by atoms with van der Waals surface area (Å²) in [5.41, 5.74) is 2.10. The molecule has 3 heterocycles. The van der Waals surface area contributed by atoms with E-state index in [1.54, 1.807) is 16.0 Å². The van der Waals surface area contributed by atoms with Gasteiger partial charge in [0.05, 0.1) is 18.3 Å². The number of thiophene rings is 1. The SMILES string of the molecule is CCc1cc(NC(=O)N2C[C@@H](C)O[C@H](c3ccsc3)C2)n(C)n1. The van der Waals surface area contributed by atoms with Crippen LogP contribution in [0.3, 0.4) is 0 Å². The number of urea groups is 1. The van der Waals surface area contributed by atoms with Gasteiger partial charge in [0.1, 0.15) is 11.9 Å². The summed E-state index contributed by atoms with van der Waals surface area (Å²) in [5, 5.41) is 11.4. The summed E-state index contributed by atoms with van der Waals surface area (Å²) in [6.07, 6.45) is 0.795. The van der Waals surface area contributed by atoms with Crippen molar-refractivity contribution in [3.05, 3.63) is 34.2 Å². The van der Waals surface area contributed by atoms with Crippen molar-refractivity contribution in [2.75, 3.05) is 18.4 Å². The molecule has 23 heavy (non-hydrogen) atoms. The highest BCUT2D eigenvalue weighted by molar-refractivity contribution is 7.07. The third-order valence-corrected chi connectivity index (χ3v) is 4.69. The van der Waals surface area contributed by atoms with E-state index in [1.807, 2.05) is 37.2 Å². The zero-order valence-corrected chi connectivity index (χ0v) is 14.5. The maximum Gasteiger partial charge on any atom is 0.323 e. The summed E-state index contributed by atoms with van der Waals surface area (Å²) < 4.78 is 7.68. The van der Waals surface area contributed by atoms with Gasteiger partial charge >= 0.3 is 6.03 Å². The van der Waals surface area contributed by atoms with Crippen molar-refractivity contribution in [3.8, 4) is 0 Å². The van der Waals surface area contributed by atoms with Gasteiger partial charge in [-0.2, -0.15) is 16.4 Å². The molecule has 2 amide bonds. The molecule has 3 rings (SSSR count). The number of hydrogen-bond donors (Lipinski definition) is 1. The topological polar surface area (TPSA) is 59.4 Å². The van der Waals surface area contributed by atoms with E-state index in [9.17, 15) is 4.79 Å². The monoisotopic (exact) mass is 334 g/mol. The third kappa shape index (κ3) is 3.56. The van der Waals surface area contributed by atoms with Crippen molar-refractivity contribution in [1.29, 1.82) is 0 Å². The molecule has 2 aromatic heterocycles. The second kappa shape index (κ2) is 6.72. The molecule has 2 atom stereocenters. The summed E-state index contributed by atoms with van der Waals surface area (Å²) in [6, 6.07) is 3.86. The normalized spacial score (nSPS) is 21.4. The Morgan fingerprint density at radius 2 is 2.35 bits per heavy atom. The lowest BCUT2D eigenvalue weighted by Crippen LogP contribution is -2.47. The number of rotatable bonds is 3. The Balaban J connectivity index is 1.69. The minimum Gasteiger partial charge on any atom is -0.367 e. The van der Waals surface area contributed by atoms with Crippen molar-refractivity contribution < 1.29 is 9.53 Å². The average molecular weight is 334 g/mol. The van der Waals surface area contributed by atoms with Crippen molar-refractivity contribution in [3.63, 3.8) is 0 Å². The van der Waals surface area contributed by atoms with Crippen LogP contribution in [0, 0.1) is 0 Å². The fourth-order valence-electron chi connectivity index (χ4n) is 2.76. The van der Waals surface area contributed by atoms with Gasteiger partial charge < -0.3 is 9.64 Å². The number of carbonyl (C=O) groups excluding carboxylic acids is 1. The van der Waals surface area contributed by atoms with Gasteiger partial charge in [-0.1, -0.05) is 6.92 Å². The van der Waals surface area contributed by atoms with Crippen molar-refractivity contribution in [2.45, 2.75) is 32.5 Å². The molecule has 7 heteroatoms. The first kappa shape index (κ1) is 16.0. The molecule has 1 saturated heterocycles. The van der Waals surface area contributed by atoms with Crippen molar-refractivity contribution in [2.24, 2.45) is 7.05 Å². The average Bonchev–Trinajstić information content (AvgIpc) is 3.17. The van der Waals surface area contributed by atoms with Crippen LogP contribution >= 0.6 is 11.3 Å². The molecule has 2 aromatic rings. The van der Waals surface area contributed by atoms with Crippen molar-refractivity contribution >= 4 is 23.2 Å². The molecule has 0 unspecified atom stereocenters. The van der Waals surface area contributed by atoms with E-state index in [4.69, 9.17) is 4.74 Å². The Bertz CT molecular complexity index is 668. The Kier molecular flexibility index (Phi) is 4.68. The van der Waals surface area contributed by atoms with Crippen LogP contribution in [0.2, 0.25) is 0 Å². The van der Waals surface area contributed by atoms with E-state index >= 15 is 0 Å². The number of carbonyl (C=O) groups is 1. The van der Waals surface area contributed by atoms with Crippen LogP contribution in [0.25, 0.3) is 0 Å². The van der Waals surface area contributed by atoms with Crippen LogP contribution in [-0.4, -0.2) is 39.9 Å². The van der Waals surface area contributed by atoms with Gasteiger partial charge in [0.2, 0.25) is 0 Å². The van der Waals surface area contributed by atoms with Gasteiger partial charge in [0.15, 0.2) is 0 Å². The molecule has 0 aliphatic carbocycles. The summed E-state index contributed by atoms with van der Waals surface area (Å²) in [4.78, 5) is 14.4. The summed E-state index contributed by atoms with van der Waals surface area (Å²) >= 11 is 1.64. The van der Waals surface area contributed by atoms with Crippen LogP contribution in [-0.2, 0) is 18.2 Å². The van der Waals surface area contributed by atoms with Gasteiger partial charge in [-0.3, -0.25) is 10.00 Å². The summed E-state index contributed by atoms with van der Waals surface area (Å²) in [7, 11) is 1.84. The fourth-order valence-corrected chi connectivity index (χ4v) is 3.47. The Morgan fingerprint density at radius 3 is 3.00 bits per heavy atom. The number of hydrogen-bond acceptors (Lipinski definition) is 4. The number of nitrogens with one attached hydrogen (secondary N) is 1. The molecule has 6 nitrogen and oxygen atoms in total. The number of nitrogens with zero attached hydrogens (tertiary/aromatic N) is 3. The van der Waals surface area contributed by atoms with E-state index in [0.717, 1.165) is 23.5 Å². The minimum atomic E-state index is -0.106. The van der Waals surface area contributed by atoms with E-state index in [2.05, 4.69) is 21.9 Å². The van der Waals surface area contributed by atoms with E-state index in [-0.39, 0.29) is 18.2 Å². The van der Waals surface area contributed by atoms with Gasteiger partial charge in [0, 0.05) is 19.7 Å². The van der Waals surface area contributed by atoms with Gasteiger partial charge in [-0.05, 0) is 35.7 Å². The lowest BCUT2D eigenvalue weighted by molar-refractivity contribution is -0.0641. The fraction of sp³-hybridized carbons (Fsp3) is 0.500. The summed E-state index contributed by atoms with van der Waals surface area (Å²) in [5.74, 6) is 0.720. The predicted molar refractivity (Wildman–Crippen MR) is 90.8 cm³/mol. The highest BCUT2D eigenvalue weighted by Crippen LogP contribution is 2.27. The van der Waals surface area contributed by atoms with Gasteiger partial charge in [-0.15, -0.1) is 0 Å². The molecule has 1 N–H and O–H groups in total. The summed E-state index contributed by atoms with van der Waals surface area (Å²) in [6.45, 7) is 5.19. The Labute approximate surface area is 140 Å². The van der Waals surface area contributed by atoms with Gasteiger partial charge in [-0.25, -0.2) is 4.79 Å². The maximum atomic E-state index is 12.6. The Hall–Kier alpha value is -1.86. The highest BCUT2D eigenvalue weighted by Gasteiger charge is 2.30. The van der Waals surface area contributed by atoms with E-state index in [0.29, 0.717) is 13.1 Å². The number of amides is 2. The minimum absolute atomic E-state index is 0.0112. The molecular formula is C16H22N4O2S. The largest absolute Gasteiger partial charge is 0.367 e. The van der Waals surface area contributed by atoms with Crippen LogP contribution in [0.5, 0.6) is 0 Å².